The molecule has 0 radical (unpaired) electrons. The standard InChI is InChI=1S/C14H20N4O/c1-10(16-9-5-8-13(15)19)14-17-11-6-3-4-7-12(11)18(14)2/h3-4,6-7,10,16H,5,8-9H2,1-2H3,(H2,15,19). The van der Waals surface area contributed by atoms with Crippen LogP contribution in [0.2, 0.25) is 0 Å². The summed E-state index contributed by atoms with van der Waals surface area (Å²) in [4.78, 5) is 15.3. The number of nitrogens with one attached hydrogen (secondary N) is 1. The summed E-state index contributed by atoms with van der Waals surface area (Å²) in [6.45, 7) is 2.83. The maximum Gasteiger partial charge on any atom is 0.217 e. The maximum absolute atomic E-state index is 10.7. The Hall–Kier alpha value is -1.88. The minimum atomic E-state index is -0.253. The van der Waals surface area contributed by atoms with Crippen LogP contribution in [0.1, 0.15) is 31.6 Å². The number of benzene rings is 1. The molecule has 1 aromatic heterocycles. The number of para-hydroxylation sites is 2. The summed E-state index contributed by atoms with van der Waals surface area (Å²) in [6, 6.07) is 8.22. The molecule has 0 saturated carbocycles. The van der Waals surface area contributed by atoms with Gasteiger partial charge in [-0.1, -0.05) is 12.1 Å². The minimum absolute atomic E-state index is 0.144. The van der Waals surface area contributed by atoms with Gasteiger partial charge in [0.05, 0.1) is 17.1 Å². The van der Waals surface area contributed by atoms with Gasteiger partial charge in [-0.15, -0.1) is 0 Å². The van der Waals surface area contributed by atoms with Crippen LogP contribution in [0, 0.1) is 0 Å². The van der Waals surface area contributed by atoms with Crippen molar-refractivity contribution in [1.82, 2.24) is 14.9 Å². The minimum Gasteiger partial charge on any atom is -0.370 e. The number of fused-ring (bicyclic) bond motifs is 1. The number of aryl methyl sites for hydroxylation is 1. The van der Waals surface area contributed by atoms with Crippen molar-refractivity contribution in [3.8, 4) is 0 Å². The molecule has 0 aliphatic heterocycles. The zero-order valence-electron chi connectivity index (χ0n) is 11.4. The van der Waals surface area contributed by atoms with Gasteiger partial charge < -0.3 is 15.6 Å². The third kappa shape index (κ3) is 3.12. The van der Waals surface area contributed by atoms with E-state index in [1.165, 1.54) is 0 Å². The molecule has 0 spiro atoms. The van der Waals surface area contributed by atoms with Gasteiger partial charge in [-0.25, -0.2) is 4.98 Å². The maximum atomic E-state index is 10.7. The molecule has 5 nitrogen and oxygen atoms in total. The largest absolute Gasteiger partial charge is 0.370 e. The number of nitrogens with two attached hydrogens (primary N) is 1. The van der Waals surface area contributed by atoms with E-state index in [1.54, 1.807) is 0 Å². The summed E-state index contributed by atoms with van der Waals surface area (Å²) in [7, 11) is 2.02. The van der Waals surface area contributed by atoms with Gasteiger partial charge in [0.15, 0.2) is 0 Å². The van der Waals surface area contributed by atoms with Crippen LogP contribution in [0.3, 0.4) is 0 Å². The van der Waals surface area contributed by atoms with Crippen LogP contribution in [0.4, 0.5) is 0 Å². The lowest BCUT2D eigenvalue weighted by Gasteiger charge is -2.13. The fourth-order valence-electron chi connectivity index (χ4n) is 2.22. The van der Waals surface area contributed by atoms with Crippen molar-refractivity contribution < 1.29 is 4.79 Å². The molecule has 1 amide bonds. The summed E-state index contributed by atoms with van der Waals surface area (Å²) in [5, 5.41) is 3.36. The topological polar surface area (TPSA) is 72.9 Å². The van der Waals surface area contributed by atoms with Gasteiger partial charge >= 0.3 is 0 Å². The van der Waals surface area contributed by atoms with Crippen molar-refractivity contribution >= 4 is 16.9 Å². The van der Waals surface area contributed by atoms with Gasteiger partial charge in [-0.2, -0.15) is 0 Å². The van der Waals surface area contributed by atoms with E-state index in [4.69, 9.17) is 5.73 Å². The fourth-order valence-corrected chi connectivity index (χ4v) is 2.22. The predicted molar refractivity (Wildman–Crippen MR) is 75.6 cm³/mol. The normalized spacial score (nSPS) is 12.7. The second kappa shape index (κ2) is 5.84. The number of primary amides is 1. The fraction of sp³-hybridized carbons (Fsp3) is 0.429. The lowest BCUT2D eigenvalue weighted by molar-refractivity contribution is -0.118. The Balaban J connectivity index is 2.03. The first kappa shape index (κ1) is 13.5. The number of amides is 1. The third-order valence-corrected chi connectivity index (χ3v) is 3.26. The summed E-state index contributed by atoms with van der Waals surface area (Å²) < 4.78 is 2.10. The first-order valence-electron chi connectivity index (χ1n) is 6.52. The Labute approximate surface area is 112 Å². The van der Waals surface area contributed by atoms with Crippen LogP contribution < -0.4 is 11.1 Å². The SMILES string of the molecule is CC(NCCCC(N)=O)c1nc2ccccc2n1C. The Morgan fingerprint density at radius 1 is 1.47 bits per heavy atom. The molecule has 0 aliphatic carbocycles. The highest BCUT2D eigenvalue weighted by Crippen LogP contribution is 2.18. The number of hydrogen-bond donors (Lipinski definition) is 2. The van der Waals surface area contributed by atoms with Gasteiger partial charge in [-0.05, 0) is 32.0 Å². The molecule has 0 bridgehead atoms. The zero-order valence-corrected chi connectivity index (χ0v) is 11.4. The molecule has 2 rings (SSSR count). The van der Waals surface area contributed by atoms with E-state index < -0.39 is 0 Å². The van der Waals surface area contributed by atoms with Crippen LogP contribution in [-0.4, -0.2) is 22.0 Å². The van der Waals surface area contributed by atoms with Gasteiger partial charge in [0.25, 0.3) is 0 Å². The molecule has 1 heterocycles. The molecule has 3 N–H and O–H groups in total. The van der Waals surface area contributed by atoms with Gasteiger partial charge in [-0.3, -0.25) is 4.79 Å². The molecule has 5 heteroatoms. The number of hydrogen-bond acceptors (Lipinski definition) is 3. The second-order valence-electron chi connectivity index (χ2n) is 4.76. The zero-order chi connectivity index (χ0) is 13.8. The molecule has 0 fully saturated rings. The summed E-state index contributed by atoms with van der Waals surface area (Å²) >= 11 is 0. The molecular weight excluding hydrogens is 240 g/mol. The van der Waals surface area contributed by atoms with Crippen LogP contribution in [0.15, 0.2) is 24.3 Å². The molecular formula is C14H20N4O. The van der Waals surface area contributed by atoms with Crippen molar-refractivity contribution in [1.29, 1.82) is 0 Å². The van der Waals surface area contributed by atoms with Crippen LogP contribution in [0.25, 0.3) is 11.0 Å². The summed E-state index contributed by atoms with van der Waals surface area (Å²) in [6.07, 6.45) is 1.17. The van der Waals surface area contributed by atoms with Gasteiger partial charge in [0.2, 0.25) is 5.91 Å². The quantitative estimate of drug-likeness (QED) is 0.773. The number of imidazole rings is 1. The van der Waals surface area contributed by atoms with Crippen molar-refractivity contribution in [2.75, 3.05) is 6.54 Å². The first-order chi connectivity index (χ1) is 9.09. The van der Waals surface area contributed by atoms with Gasteiger partial charge in [0, 0.05) is 13.5 Å². The average Bonchev–Trinajstić information content (AvgIpc) is 2.72. The molecule has 102 valence electrons. The van der Waals surface area contributed by atoms with Gasteiger partial charge in [0.1, 0.15) is 5.82 Å². The highest BCUT2D eigenvalue weighted by molar-refractivity contribution is 5.75. The van der Waals surface area contributed by atoms with Crippen LogP contribution in [0.5, 0.6) is 0 Å². The first-order valence-corrected chi connectivity index (χ1v) is 6.52. The van der Waals surface area contributed by atoms with Crippen molar-refractivity contribution in [2.24, 2.45) is 12.8 Å². The highest BCUT2D eigenvalue weighted by Gasteiger charge is 2.13. The van der Waals surface area contributed by atoms with E-state index in [0.717, 1.165) is 29.8 Å². The molecule has 1 aromatic carbocycles. The number of carbonyl (C=O) groups excluding carboxylic acids is 1. The Bertz CT molecular complexity index is 576. The van der Waals surface area contributed by atoms with Crippen molar-refractivity contribution in [3.63, 3.8) is 0 Å². The van der Waals surface area contributed by atoms with E-state index >= 15 is 0 Å². The van der Waals surface area contributed by atoms with E-state index in [9.17, 15) is 4.79 Å². The molecule has 19 heavy (non-hydrogen) atoms. The smallest absolute Gasteiger partial charge is 0.217 e. The number of carbonyl (C=O) groups is 1. The van der Waals surface area contributed by atoms with Crippen LogP contribution >= 0.6 is 0 Å². The summed E-state index contributed by atoms with van der Waals surface area (Å²) in [5.74, 6) is 0.748. The predicted octanol–water partition coefficient (Wildman–Crippen LogP) is 1.49. The highest BCUT2D eigenvalue weighted by atomic mass is 16.1. The monoisotopic (exact) mass is 260 g/mol. The molecule has 0 aliphatic rings. The Morgan fingerprint density at radius 2 is 2.21 bits per heavy atom. The summed E-state index contributed by atoms with van der Waals surface area (Å²) in [5.41, 5.74) is 7.25. The molecule has 0 saturated heterocycles. The van der Waals surface area contributed by atoms with Crippen LogP contribution in [-0.2, 0) is 11.8 Å². The molecule has 1 unspecified atom stereocenters. The lowest BCUT2D eigenvalue weighted by atomic mass is 10.2. The molecule has 2 aromatic rings. The van der Waals surface area contributed by atoms with E-state index in [0.29, 0.717) is 6.42 Å². The van der Waals surface area contributed by atoms with E-state index in [2.05, 4.69) is 27.9 Å². The van der Waals surface area contributed by atoms with Crippen molar-refractivity contribution in [2.45, 2.75) is 25.8 Å². The number of nitrogens with zero attached hydrogens (tertiary/aromatic N) is 2. The average molecular weight is 260 g/mol. The lowest BCUT2D eigenvalue weighted by Crippen LogP contribution is -2.23. The van der Waals surface area contributed by atoms with E-state index in [-0.39, 0.29) is 11.9 Å². The van der Waals surface area contributed by atoms with Crippen molar-refractivity contribution in [3.05, 3.63) is 30.1 Å². The third-order valence-electron chi connectivity index (χ3n) is 3.26. The van der Waals surface area contributed by atoms with E-state index in [1.807, 2.05) is 25.2 Å². The number of rotatable bonds is 6. The number of aromatic nitrogens is 2. The second-order valence-corrected chi connectivity index (χ2v) is 4.76. The Morgan fingerprint density at radius 3 is 2.89 bits per heavy atom. The Kier molecular flexibility index (Phi) is 4.16. The molecule has 1 atom stereocenters.